The molecule has 11 aromatic rings. The van der Waals surface area contributed by atoms with Gasteiger partial charge in [-0.15, -0.1) is 0 Å². The first-order valence-electron chi connectivity index (χ1n) is 21.0. The lowest BCUT2D eigenvalue weighted by atomic mass is 9.67. The predicted octanol–water partition coefficient (Wildman–Crippen LogP) is 15.9. The standard InChI is InChI=1S/C59H39NO/c1-4-17-42(18-5-1)49-36-37-55(57-52-25-13-15-27-56(52)61-58(49)57)60(47-32-30-41(31-33-47)44-29-28-40-16-10-11-19-43(40)38-44)48-34-35-51-50-24-12-14-26-53(50)59(54(51)39-48,45-20-6-2-7-21-45)46-22-8-3-9-23-46/h1-39H. The van der Waals surface area contributed by atoms with Crippen LogP contribution in [0.25, 0.3) is 66.1 Å². The van der Waals surface area contributed by atoms with Gasteiger partial charge in [0.15, 0.2) is 0 Å². The molecule has 10 aromatic carbocycles. The van der Waals surface area contributed by atoms with Crippen molar-refractivity contribution >= 4 is 49.8 Å². The topological polar surface area (TPSA) is 16.4 Å². The number of hydrogen-bond acceptors (Lipinski definition) is 2. The van der Waals surface area contributed by atoms with E-state index in [1.165, 1.54) is 55.3 Å². The van der Waals surface area contributed by atoms with Crippen LogP contribution >= 0.6 is 0 Å². The molecule has 1 aromatic heterocycles. The van der Waals surface area contributed by atoms with Gasteiger partial charge in [0, 0.05) is 22.3 Å². The highest BCUT2D eigenvalue weighted by Gasteiger charge is 2.46. The number of para-hydroxylation sites is 1. The molecule has 0 N–H and O–H groups in total. The van der Waals surface area contributed by atoms with Crippen LogP contribution in [0.2, 0.25) is 0 Å². The highest BCUT2D eigenvalue weighted by molar-refractivity contribution is 6.17. The predicted molar refractivity (Wildman–Crippen MR) is 254 cm³/mol. The summed E-state index contributed by atoms with van der Waals surface area (Å²) in [5.41, 5.74) is 16.5. The van der Waals surface area contributed by atoms with Crippen molar-refractivity contribution in [1.82, 2.24) is 0 Å². The minimum Gasteiger partial charge on any atom is -0.455 e. The SMILES string of the molecule is c1ccc(-c2ccc(N(c3ccc(-c4ccc5ccccc5c4)cc3)c3ccc4c(c3)C(c3ccccc3)(c3ccccc3)c3ccccc3-4)c3c2oc2ccccc23)cc1. The first-order chi connectivity index (χ1) is 30.3. The molecule has 1 aliphatic carbocycles. The molecular weight excluding hydrogens is 739 g/mol. The fraction of sp³-hybridized carbons (Fsp3) is 0.0169. The first kappa shape index (κ1) is 35.0. The average molecular weight is 778 g/mol. The normalized spacial score (nSPS) is 12.7. The molecule has 61 heavy (non-hydrogen) atoms. The molecule has 1 aliphatic rings. The van der Waals surface area contributed by atoms with Gasteiger partial charge in [0.05, 0.1) is 16.5 Å². The summed E-state index contributed by atoms with van der Waals surface area (Å²) in [5.74, 6) is 0. The first-order valence-corrected chi connectivity index (χ1v) is 21.0. The Kier molecular flexibility index (Phi) is 8.11. The van der Waals surface area contributed by atoms with E-state index in [-0.39, 0.29) is 0 Å². The highest BCUT2D eigenvalue weighted by Crippen LogP contribution is 2.57. The van der Waals surface area contributed by atoms with Gasteiger partial charge in [-0.05, 0) is 109 Å². The lowest BCUT2D eigenvalue weighted by molar-refractivity contribution is 0.670. The van der Waals surface area contributed by atoms with E-state index in [4.69, 9.17) is 4.42 Å². The van der Waals surface area contributed by atoms with E-state index >= 15 is 0 Å². The van der Waals surface area contributed by atoms with Crippen molar-refractivity contribution in [2.75, 3.05) is 4.90 Å². The van der Waals surface area contributed by atoms with Crippen LogP contribution in [0.1, 0.15) is 22.3 Å². The van der Waals surface area contributed by atoms with Crippen LogP contribution in [-0.4, -0.2) is 0 Å². The Balaban J connectivity index is 1.13. The van der Waals surface area contributed by atoms with Crippen LogP contribution in [0.5, 0.6) is 0 Å². The van der Waals surface area contributed by atoms with E-state index < -0.39 is 5.41 Å². The monoisotopic (exact) mass is 777 g/mol. The van der Waals surface area contributed by atoms with Gasteiger partial charge in [-0.25, -0.2) is 0 Å². The maximum Gasteiger partial charge on any atom is 0.145 e. The van der Waals surface area contributed by atoms with Crippen molar-refractivity contribution < 1.29 is 4.42 Å². The molecule has 286 valence electrons. The zero-order valence-corrected chi connectivity index (χ0v) is 33.4. The smallest absolute Gasteiger partial charge is 0.145 e. The van der Waals surface area contributed by atoms with E-state index in [0.717, 1.165) is 50.1 Å². The molecule has 0 unspecified atom stereocenters. The second-order valence-electron chi connectivity index (χ2n) is 16.0. The Hall–Kier alpha value is -7.94. The molecular formula is C59H39NO. The number of rotatable bonds is 7. The lowest BCUT2D eigenvalue weighted by Gasteiger charge is -2.35. The number of furan rings is 1. The van der Waals surface area contributed by atoms with Crippen LogP contribution in [-0.2, 0) is 5.41 Å². The molecule has 2 nitrogen and oxygen atoms in total. The largest absolute Gasteiger partial charge is 0.455 e. The maximum atomic E-state index is 6.85. The van der Waals surface area contributed by atoms with Crippen LogP contribution in [0.3, 0.4) is 0 Å². The summed E-state index contributed by atoms with van der Waals surface area (Å²) in [4.78, 5) is 2.44. The van der Waals surface area contributed by atoms with Crippen molar-refractivity contribution in [1.29, 1.82) is 0 Å². The molecule has 0 saturated carbocycles. The number of nitrogens with zero attached hydrogens (tertiary/aromatic N) is 1. The summed E-state index contributed by atoms with van der Waals surface area (Å²) >= 11 is 0. The van der Waals surface area contributed by atoms with Crippen LogP contribution in [0.4, 0.5) is 17.1 Å². The lowest BCUT2D eigenvalue weighted by Crippen LogP contribution is -2.28. The van der Waals surface area contributed by atoms with Crippen molar-refractivity contribution in [3.8, 4) is 33.4 Å². The van der Waals surface area contributed by atoms with Gasteiger partial charge in [-0.3, -0.25) is 0 Å². The van der Waals surface area contributed by atoms with Crippen molar-refractivity contribution in [2.45, 2.75) is 5.41 Å². The number of benzene rings is 10. The Labute approximate surface area is 355 Å². The molecule has 0 amide bonds. The molecule has 1 heterocycles. The fourth-order valence-electron chi connectivity index (χ4n) is 10.0. The number of anilines is 3. The Morgan fingerprint density at radius 2 is 0.951 bits per heavy atom. The van der Waals surface area contributed by atoms with Gasteiger partial charge >= 0.3 is 0 Å². The van der Waals surface area contributed by atoms with E-state index in [9.17, 15) is 0 Å². The zero-order chi connectivity index (χ0) is 40.3. The van der Waals surface area contributed by atoms with Crippen molar-refractivity contribution in [3.63, 3.8) is 0 Å². The second-order valence-corrected chi connectivity index (χ2v) is 16.0. The Morgan fingerprint density at radius 3 is 1.72 bits per heavy atom. The van der Waals surface area contributed by atoms with Gasteiger partial charge in [0.25, 0.3) is 0 Å². The zero-order valence-electron chi connectivity index (χ0n) is 33.4. The molecule has 2 heteroatoms. The number of fused-ring (bicyclic) bond motifs is 7. The van der Waals surface area contributed by atoms with E-state index in [1.54, 1.807) is 0 Å². The summed E-state index contributed by atoms with van der Waals surface area (Å²) in [6, 6.07) is 86.0. The third-order valence-electron chi connectivity index (χ3n) is 12.7. The van der Waals surface area contributed by atoms with Crippen LogP contribution < -0.4 is 4.90 Å². The third-order valence-corrected chi connectivity index (χ3v) is 12.7. The van der Waals surface area contributed by atoms with Crippen LogP contribution in [0, 0.1) is 0 Å². The van der Waals surface area contributed by atoms with Gasteiger partial charge in [-0.2, -0.15) is 0 Å². The van der Waals surface area contributed by atoms with E-state index in [1.807, 2.05) is 0 Å². The van der Waals surface area contributed by atoms with Crippen molar-refractivity contribution in [2.24, 2.45) is 0 Å². The fourth-order valence-corrected chi connectivity index (χ4v) is 10.0. The molecule has 0 aliphatic heterocycles. The van der Waals surface area contributed by atoms with E-state index in [2.05, 4.69) is 241 Å². The third kappa shape index (κ3) is 5.50. The quantitative estimate of drug-likeness (QED) is 0.160. The molecule has 0 radical (unpaired) electrons. The summed E-state index contributed by atoms with van der Waals surface area (Å²) in [5, 5.41) is 4.64. The van der Waals surface area contributed by atoms with Crippen molar-refractivity contribution in [3.05, 3.63) is 259 Å². The van der Waals surface area contributed by atoms with Gasteiger partial charge in [0.2, 0.25) is 0 Å². The van der Waals surface area contributed by atoms with Crippen LogP contribution in [0.15, 0.2) is 241 Å². The number of hydrogen-bond donors (Lipinski definition) is 0. The van der Waals surface area contributed by atoms with Gasteiger partial charge < -0.3 is 9.32 Å². The second kappa shape index (κ2) is 14.1. The Bertz CT molecular complexity index is 3360. The minimum atomic E-state index is -0.537. The molecule has 0 fully saturated rings. The molecule has 0 spiro atoms. The highest BCUT2D eigenvalue weighted by atomic mass is 16.3. The summed E-state index contributed by atoms with van der Waals surface area (Å²) < 4.78 is 6.85. The molecule has 12 rings (SSSR count). The Morgan fingerprint density at radius 1 is 0.361 bits per heavy atom. The maximum absolute atomic E-state index is 6.85. The summed E-state index contributed by atoms with van der Waals surface area (Å²) in [6.45, 7) is 0. The average Bonchev–Trinajstić information content (AvgIpc) is 3.87. The van der Waals surface area contributed by atoms with E-state index in [0.29, 0.717) is 0 Å². The summed E-state index contributed by atoms with van der Waals surface area (Å²) in [7, 11) is 0. The molecule has 0 bridgehead atoms. The summed E-state index contributed by atoms with van der Waals surface area (Å²) in [6.07, 6.45) is 0. The molecule has 0 saturated heterocycles. The van der Waals surface area contributed by atoms with Gasteiger partial charge in [-0.1, -0.05) is 188 Å². The van der Waals surface area contributed by atoms with Gasteiger partial charge in [0.1, 0.15) is 11.2 Å². The minimum absolute atomic E-state index is 0.537. The molecule has 0 atom stereocenters.